The summed E-state index contributed by atoms with van der Waals surface area (Å²) in [5.74, 6) is -1.43. The highest BCUT2D eigenvalue weighted by atomic mass is 32.2. The summed E-state index contributed by atoms with van der Waals surface area (Å²) in [6.45, 7) is 1.79. The lowest BCUT2D eigenvalue weighted by molar-refractivity contribution is -0.142. The lowest BCUT2D eigenvalue weighted by atomic mass is 9.75. The number of amides is 1. The molecule has 0 aliphatic heterocycles. The third kappa shape index (κ3) is 5.27. The molecule has 0 heterocycles. The van der Waals surface area contributed by atoms with E-state index < -0.39 is 34.1 Å². The van der Waals surface area contributed by atoms with Gasteiger partial charge in [-0.25, -0.2) is 4.79 Å². The van der Waals surface area contributed by atoms with Gasteiger partial charge in [0.2, 0.25) is 5.91 Å². The fourth-order valence-corrected chi connectivity index (χ4v) is 4.59. The Balaban J connectivity index is 1.82. The van der Waals surface area contributed by atoms with E-state index in [1.165, 1.54) is 0 Å². The first-order valence-electron chi connectivity index (χ1n) is 10.0. The van der Waals surface area contributed by atoms with Gasteiger partial charge in [0.1, 0.15) is 6.04 Å². The quantitative estimate of drug-likeness (QED) is 0.536. The van der Waals surface area contributed by atoms with Gasteiger partial charge in [-0.3, -0.25) is 9.00 Å². The van der Waals surface area contributed by atoms with Gasteiger partial charge in [0.05, 0.1) is 16.2 Å². The second-order valence-corrected chi connectivity index (χ2v) is 8.94. The average Bonchev–Trinajstić information content (AvgIpc) is 2.82. The average molecular weight is 436 g/mol. The molecule has 1 amide bonds. The van der Waals surface area contributed by atoms with Gasteiger partial charge in [0.15, 0.2) is 0 Å². The van der Waals surface area contributed by atoms with E-state index in [9.17, 15) is 18.9 Å². The molecule has 2 atom stereocenters. The van der Waals surface area contributed by atoms with Crippen molar-refractivity contribution in [2.24, 2.45) is 0 Å². The Labute approximate surface area is 184 Å². The number of aliphatic carboxylic acids is 1. The maximum absolute atomic E-state index is 13.4. The van der Waals surface area contributed by atoms with Gasteiger partial charge in [-0.05, 0) is 36.6 Å². The van der Waals surface area contributed by atoms with E-state index in [2.05, 4.69) is 5.32 Å². The standard InChI is InChI=1S/C25H25NO4S/c1-25(19-11-5-2-6-12-19,20-13-7-3-8-14-20)24(29)26-22(23(27)28)17-18-31(30)21-15-9-4-10-16-21/h2-16,22H,17-18H2,1H3,(H,26,29)(H,27,28)/t22-,31-/m0/s1. The van der Waals surface area contributed by atoms with Crippen LogP contribution in [0.15, 0.2) is 95.9 Å². The molecule has 0 aromatic heterocycles. The van der Waals surface area contributed by atoms with Crippen LogP contribution in [0.3, 0.4) is 0 Å². The minimum absolute atomic E-state index is 0.0578. The second kappa shape index (κ2) is 10.2. The summed E-state index contributed by atoms with van der Waals surface area (Å²) >= 11 is 0. The third-order valence-corrected chi connectivity index (χ3v) is 6.76. The Morgan fingerprint density at radius 3 is 1.77 bits per heavy atom. The smallest absolute Gasteiger partial charge is 0.326 e. The molecule has 0 unspecified atom stereocenters. The van der Waals surface area contributed by atoms with Gasteiger partial charge in [-0.15, -0.1) is 0 Å². The minimum Gasteiger partial charge on any atom is -0.480 e. The molecule has 0 bridgehead atoms. The topological polar surface area (TPSA) is 83.5 Å². The number of carboxylic acid groups (broad SMARTS) is 1. The van der Waals surface area contributed by atoms with E-state index in [4.69, 9.17) is 0 Å². The van der Waals surface area contributed by atoms with E-state index in [0.717, 1.165) is 11.1 Å². The summed E-state index contributed by atoms with van der Waals surface area (Å²) in [7, 11) is -1.34. The summed E-state index contributed by atoms with van der Waals surface area (Å²) in [4.78, 5) is 26.0. The Bertz CT molecular complexity index is 999. The van der Waals surface area contributed by atoms with Gasteiger partial charge in [-0.2, -0.15) is 0 Å². The number of nitrogens with one attached hydrogen (secondary N) is 1. The molecule has 0 spiro atoms. The molecule has 0 saturated heterocycles. The molecule has 0 aliphatic carbocycles. The Hall–Kier alpha value is -3.25. The van der Waals surface area contributed by atoms with E-state index in [1.807, 2.05) is 66.7 Å². The molecular formula is C25H25NO4S. The van der Waals surface area contributed by atoms with Crippen molar-refractivity contribution in [2.45, 2.75) is 29.7 Å². The summed E-state index contributed by atoms with van der Waals surface area (Å²) in [6.07, 6.45) is 0.0578. The molecule has 2 N–H and O–H groups in total. The molecule has 0 aliphatic rings. The maximum Gasteiger partial charge on any atom is 0.326 e. The number of carbonyl (C=O) groups excluding carboxylic acids is 1. The van der Waals surface area contributed by atoms with Crippen LogP contribution in [0.4, 0.5) is 0 Å². The second-order valence-electron chi connectivity index (χ2n) is 7.37. The number of hydrogen-bond acceptors (Lipinski definition) is 3. The predicted octanol–water partition coefficient (Wildman–Crippen LogP) is 3.76. The fourth-order valence-electron chi connectivity index (χ4n) is 3.45. The summed E-state index contributed by atoms with van der Waals surface area (Å²) in [6, 6.07) is 26.3. The maximum atomic E-state index is 13.4. The number of rotatable bonds is 9. The molecular weight excluding hydrogens is 410 g/mol. The first kappa shape index (κ1) is 22.4. The van der Waals surface area contributed by atoms with Crippen LogP contribution < -0.4 is 5.32 Å². The van der Waals surface area contributed by atoms with Gasteiger partial charge in [0, 0.05) is 10.6 Å². The van der Waals surface area contributed by atoms with Crippen LogP contribution in [0, 0.1) is 0 Å². The van der Waals surface area contributed by atoms with Gasteiger partial charge in [0.25, 0.3) is 0 Å². The minimum atomic E-state index is -1.34. The molecule has 0 fully saturated rings. The lowest BCUT2D eigenvalue weighted by Gasteiger charge is -2.31. The Kier molecular flexibility index (Phi) is 7.36. The van der Waals surface area contributed by atoms with Crippen molar-refractivity contribution < 1.29 is 18.9 Å². The molecule has 0 saturated carbocycles. The molecule has 6 heteroatoms. The Morgan fingerprint density at radius 2 is 1.32 bits per heavy atom. The van der Waals surface area contributed by atoms with E-state index in [0.29, 0.717) is 4.90 Å². The zero-order valence-electron chi connectivity index (χ0n) is 17.2. The summed E-state index contributed by atoms with van der Waals surface area (Å²) < 4.78 is 12.5. The van der Waals surface area contributed by atoms with Crippen LogP contribution >= 0.6 is 0 Å². The Morgan fingerprint density at radius 1 is 0.871 bits per heavy atom. The van der Waals surface area contributed by atoms with Crippen LogP contribution in [0.1, 0.15) is 24.5 Å². The van der Waals surface area contributed by atoms with Crippen LogP contribution in [0.5, 0.6) is 0 Å². The van der Waals surface area contributed by atoms with Crippen LogP contribution in [0.2, 0.25) is 0 Å². The molecule has 3 rings (SSSR count). The van der Waals surface area contributed by atoms with Crippen molar-refractivity contribution in [3.8, 4) is 0 Å². The van der Waals surface area contributed by atoms with Gasteiger partial charge >= 0.3 is 5.97 Å². The fraction of sp³-hybridized carbons (Fsp3) is 0.200. The van der Waals surface area contributed by atoms with Crippen LogP contribution in [0.25, 0.3) is 0 Å². The SMILES string of the molecule is CC(C(=O)N[C@@H](CC[S@](=O)c1ccccc1)C(=O)O)(c1ccccc1)c1ccccc1. The lowest BCUT2D eigenvalue weighted by Crippen LogP contribution is -2.50. The first-order chi connectivity index (χ1) is 14.9. The van der Waals surface area contributed by atoms with E-state index >= 15 is 0 Å². The van der Waals surface area contributed by atoms with Crippen molar-refractivity contribution in [3.05, 3.63) is 102 Å². The van der Waals surface area contributed by atoms with Crippen molar-refractivity contribution in [3.63, 3.8) is 0 Å². The largest absolute Gasteiger partial charge is 0.480 e. The van der Waals surface area contributed by atoms with Crippen molar-refractivity contribution >= 4 is 22.7 Å². The normalized spacial score (nSPS) is 13.2. The highest BCUT2D eigenvalue weighted by Gasteiger charge is 2.38. The monoisotopic (exact) mass is 435 g/mol. The van der Waals surface area contributed by atoms with Crippen LogP contribution in [-0.4, -0.2) is 33.0 Å². The summed E-state index contributed by atoms with van der Waals surface area (Å²) in [5, 5.41) is 12.4. The number of benzene rings is 3. The zero-order chi connectivity index (χ0) is 22.3. The number of carbonyl (C=O) groups is 2. The van der Waals surface area contributed by atoms with Gasteiger partial charge in [-0.1, -0.05) is 78.9 Å². The van der Waals surface area contributed by atoms with Crippen LogP contribution in [-0.2, 0) is 25.8 Å². The first-order valence-corrected chi connectivity index (χ1v) is 11.3. The number of hydrogen-bond donors (Lipinski definition) is 2. The molecule has 0 radical (unpaired) electrons. The van der Waals surface area contributed by atoms with E-state index in [-0.39, 0.29) is 12.2 Å². The predicted molar refractivity (Wildman–Crippen MR) is 121 cm³/mol. The summed E-state index contributed by atoms with van der Waals surface area (Å²) in [5.41, 5.74) is 0.445. The third-order valence-electron chi connectivity index (χ3n) is 5.36. The van der Waals surface area contributed by atoms with Crippen molar-refractivity contribution in [2.75, 3.05) is 5.75 Å². The zero-order valence-corrected chi connectivity index (χ0v) is 18.0. The molecule has 3 aromatic carbocycles. The molecule has 3 aromatic rings. The highest BCUT2D eigenvalue weighted by molar-refractivity contribution is 7.85. The molecule has 160 valence electrons. The number of carboxylic acids is 1. The molecule has 5 nitrogen and oxygen atoms in total. The van der Waals surface area contributed by atoms with Crippen molar-refractivity contribution in [1.29, 1.82) is 0 Å². The van der Waals surface area contributed by atoms with Gasteiger partial charge < -0.3 is 10.4 Å². The highest BCUT2D eigenvalue weighted by Crippen LogP contribution is 2.32. The molecule has 31 heavy (non-hydrogen) atoms. The van der Waals surface area contributed by atoms with E-state index in [1.54, 1.807) is 31.2 Å². The van der Waals surface area contributed by atoms with Crippen molar-refractivity contribution in [1.82, 2.24) is 5.32 Å².